The lowest BCUT2D eigenvalue weighted by molar-refractivity contribution is 0.513. The molecule has 0 aliphatic rings. The molecule has 0 bridgehead atoms. The van der Waals surface area contributed by atoms with Crippen LogP contribution in [0.5, 0.6) is 0 Å². The molecule has 0 saturated carbocycles. The van der Waals surface area contributed by atoms with Gasteiger partial charge in [-0.25, -0.2) is 22.5 Å². The van der Waals surface area contributed by atoms with Crippen LogP contribution in [0.1, 0.15) is 6.92 Å². The Morgan fingerprint density at radius 2 is 2.25 bits per heavy atom. The monoisotopic (exact) mass is 298 g/mol. The van der Waals surface area contributed by atoms with E-state index in [1.165, 1.54) is 12.1 Å². The molecule has 0 fully saturated rings. The van der Waals surface area contributed by atoms with Gasteiger partial charge in [-0.15, -0.1) is 0 Å². The molecule has 1 aromatic heterocycles. The highest BCUT2D eigenvalue weighted by molar-refractivity contribution is 7.89. The second-order valence-electron chi connectivity index (χ2n) is 4.44. The number of benzene rings is 1. The summed E-state index contributed by atoms with van der Waals surface area (Å²) in [4.78, 5) is 3.35. The van der Waals surface area contributed by atoms with E-state index in [-0.39, 0.29) is 5.69 Å². The van der Waals surface area contributed by atoms with Crippen LogP contribution in [0.25, 0.3) is 0 Å². The minimum absolute atomic E-state index is 0.118. The van der Waals surface area contributed by atoms with Crippen molar-refractivity contribution in [3.63, 3.8) is 0 Å². The molecular formula is C12H15FN4O2S. The summed E-state index contributed by atoms with van der Waals surface area (Å²) in [6, 6.07) is 3.33. The van der Waals surface area contributed by atoms with Gasteiger partial charge in [-0.05, 0) is 19.1 Å². The molecule has 0 aliphatic heterocycles. The van der Waals surface area contributed by atoms with Crippen LogP contribution in [0.4, 0.5) is 10.1 Å². The first-order valence-electron chi connectivity index (χ1n) is 5.92. The molecule has 2 rings (SSSR count). The normalized spacial score (nSPS) is 13.3. The van der Waals surface area contributed by atoms with Crippen LogP contribution in [0, 0.1) is 5.82 Å². The van der Waals surface area contributed by atoms with Crippen LogP contribution in [0.3, 0.4) is 0 Å². The van der Waals surface area contributed by atoms with Gasteiger partial charge in [0.2, 0.25) is 10.0 Å². The molecular weight excluding hydrogens is 283 g/mol. The molecule has 0 spiro atoms. The van der Waals surface area contributed by atoms with E-state index in [0.29, 0.717) is 6.54 Å². The van der Waals surface area contributed by atoms with E-state index in [9.17, 15) is 12.8 Å². The van der Waals surface area contributed by atoms with E-state index < -0.39 is 26.8 Å². The Kier molecular flexibility index (Phi) is 4.05. The molecule has 1 heterocycles. The molecule has 6 nitrogen and oxygen atoms in total. The fourth-order valence-corrected chi connectivity index (χ4v) is 3.31. The summed E-state index contributed by atoms with van der Waals surface area (Å²) < 4.78 is 42.1. The second kappa shape index (κ2) is 5.59. The maximum atomic E-state index is 13.7. The molecule has 0 amide bonds. The lowest BCUT2D eigenvalue weighted by Gasteiger charge is -2.16. The predicted molar refractivity (Wildman–Crippen MR) is 72.8 cm³/mol. The van der Waals surface area contributed by atoms with Gasteiger partial charge in [-0.2, -0.15) is 0 Å². The van der Waals surface area contributed by atoms with Crippen molar-refractivity contribution in [2.24, 2.45) is 0 Å². The summed E-state index contributed by atoms with van der Waals surface area (Å²) >= 11 is 0. The molecule has 0 saturated heterocycles. The van der Waals surface area contributed by atoms with Crippen LogP contribution in [0.15, 0.2) is 41.8 Å². The number of imidazole rings is 1. The van der Waals surface area contributed by atoms with E-state index in [2.05, 4.69) is 9.71 Å². The van der Waals surface area contributed by atoms with Crippen LogP contribution in [-0.4, -0.2) is 24.0 Å². The van der Waals surface area contributed by atoms with E-state index in [4.69, 9.17) is 5.73 Å². The molecule has 1 unspecified atom stereocenters. The zero-order valence-corrected chi connectivity index (χ0v) is 11.6. The lowest BCUT2D eigenvalue weighted by Crippen LogP contribution is -2.36. The molecule has 2 aromatic rings. The Morgan fingerprint density at radius 3 is 2.85 bits per heavy atom. The Morgan fingerprint density at radius 1 is 1.50 bits per heavy atom. The third-order valence-corrected chi connectivity index (χ3v) is 4.35. The van der Waals surface area contributed by atoms with Crippen LogP contribution in [-0.2, 0) is 16.6 Å². The molecule has 8 heteroatoms. The van der Waals surface area contributed by atoms with Crippen LogP contribution < -0.4 is 10.5 Å². The van der Waals surface area contributed by atoms with Crippen molar-refractivity contribution in [3.05, 3.63) is 42.7 Å². The average Bonchev–Trinajstić information content (AvgIpc) is 2.79. The maximum Gasteiger partial charge on any atom is 0.245 e. The number of sulfonamides is 1. The van der Waals surface area contributed by atoms with Crippen LogP contribution in [0.2, 0.25) is 0 Å². The largest absolute Gasteiger partial charge is 0.398 e. The fourth-order valence-electron chi connectivity index (χ4n) is 1.88. The highest BCUT2D eigenvalue weighted by Crippen LogP contribution is 2.21. The number of nitrogens with one attached hydrogen (secondary N) is 1. The van der Waals surface area contributed by atoms with Gasteiger partial charge in [0.1, 0.15) is 10.7 Å². The zero-order chi connectivity index (χ0) is 14.8. The Balaban J connectivity index is 2.19. The molecule has 0 radical (unpaired) electrons. The number of hydrogen-bond acceptors (Lipinski definition) is 4. The smallest absolute Gasteiger partial charge is 0.245 e. The number of anilines is 1. The number of nitrogens with zero attached hydrogens (tertiary/aromatic N) is 2. The minimum atomic E-state index is -4.01. The third kappa shape index (κ3) is 3.14. The summed E-state index contributed by atoms with van der Waals surface area (Å²) in [6.07, 6.45) is 4.88. The van der Waals surface area contributed by atoms with Gasteiger partial charge in [0, 0.05) is 25.0 Å². The summed E-state index contributed by atoms with van der Waals surface area (Å²) in [5.74, 6) is -0.868. The molecule has 3 N–H and O–H groups in total. The summed E-state index contributed by atoms with van der Waals surface area (Å²) in [5.41, 5.74) is 5.43. The Bertz CT molecular complexity index is 665. The number of rotatable bonds is 5. The quantitative estimate of drug-likeness (QED) is 0.805. The van der Waals surface area contributed by atoms with Crippen molar-refractivity contribution in [1.29, 1.82) is 0 Å². The van der Waals surface area contributed by atoms with Crippen molar-refractivity contribution in [2.75, 3.05) is 5.73 Å². The standard InChI is InChI=1S/C12H15FN4O2S/c1-9(7-17-6-5-15-8-17)16-20(18,19)12-10(13)3-2-4-11(12)14/h2-6,8-9,16H,7,14H2,1H3. The average molecular weight is 298 g/mol. The van der Waals surface area contributed by atoms with Gasteiger partial charge in [0.15, 0.2) is 0 Å². The highest BCUT2D eigenvalue weighted by atomic mass is 32.2. The third-order valence-electron chi connectivity index (χ3n) is 2.67. The SMILES string of the molecule is CC(Cn1ccnc1)NS(=O)(=O)c1c(N)cccc1F. The molecule has 108 valence electrons. The first-order chi connectivity index (χ1) is 9.40. The predicted octanol–water partition coefficient (Wildman–Crippen LogP) is 0.971. The van der Waals surface area contributed by atoms with E-state index >= 15 is 0 Å². The second-order valence-corrected chi connectivity index (χ2v) is 6.09. The number of hydrogen-bond donors (Lipinski definition) is 2. The van der Waals surface area contributed by atoms with E-state index in [1.807, 2.05) is 0 Å². The van der Waals surface area contributed by atoms with Crippen molar-refractivity contribution < 1.29 is 12.8 Å². The molecule has 1 atom stereocenters. The highest BCUT2D eigenvalue weighted by Gasteiger charge is 2.24. The fraction of sp³-hybridized carbons (Fsp3) is 0.250. The Hall–Kier alpha value is -1.93. The van der Waals surface area contributed by atoms with E-state index in [1.54, 1.807) is 30.2 Å². The summed E-state index contributed by atoms with van der Waals surface area (Å²) in [7, 11) is -4.01. The number of nitrogens with two attached hydrogens (primary N) is 1. The lowest BCUT2D eigenvalue weighted by atomic mass is 10.3. The summed E-state index contributed by atoms with van der Waals surface area (Å²) in [6.45, 7) is 2.06. The molecule has 0 aliphatic carbocycles. The molecule has 20 heavy (non-hydrogen) atoms. The van der Waals surface area contributed by atoms with Gasteiger partial charge >= 0.3 is 0 Å². The number of nitrogen functional groups attached to an aromatic ring is 1. The number of halogens is 1. The van der Waals surface area contributed by atoms with Crippen LogP contribution >= 0.6 is 0 Å². The topological polar surface area (TPSA) is 90.0 Å². The van der Waals surface area contributed by atoms with Gasteiger partial charge < -0.3 is 10.3 Å². The zero-order valence-electron chi connectivity index (χ0n) is 10.8. The van der Waals surface area contributed by atoms with Crippen molar-refractivity contribution >= 4 is 15.7 Å². The Labute approximate surface area is 116 Å². The van der Waals surface area contributed by atoms with Gasteiger partial charge in [0.25, 0.3) is 0 Å². The van der Waals surface area contributed by atoms with Gasteiger partial charge in [-0.1, -0.05) is 6.07 Å². The summed E-state index contributed by atoms with van der Waals surface area (Å²) in [5, 5.41) is 0. The minimum Gasteiger partial charge on any atom is -0.398 e. The van der Waals surface area contributed by atoms with Gasteiger partial charge in [-0.3, -0.25) is 0 Å². The van der Waals surface area contributed by atoms with Gasteiger partial charge in [0.05, 0.1) is 12.0 Å². The van der Waals surface area contributed by atoms with Crippen molar-refractivity contribution in [3.8, 4) is 0 Å². The van der Waals surface area contributed by atoms with E-state index in [0.717, 1.165) is 6.07 Å². The number of aromatic nitrogens is 2. The van der Waals surface area contributed by atoms with Crippen molar-refractivity contribution in [1.82, 2.24) is 14.3 Å². The maximum absolute atomic E-state index is 13.7. The first-order valence-corrected chi connectivity index (χ1v) is 7.40. The first kappa shape index (κ1) is 14.5. The van der Waals surface area contributed by atoms with Crippen molar-refractivity contribution in [2.45, 2.75) is 24.4 Å². The molecule has 1 aromatic carbocycles.